The van der Waals surface area contributed by atoms with Crippen LogP contribution in [0.25, 0.3) is 0 Å². The Morgan fingerprint density at radius 1 is 1.09 bits per heavy atom. The summed E-state index contributed by atoms with van der Waals surface area (Å²) in [5.41, 5.74) is -7.52. The second-order valence-electron chi connectivity index (χ2n) is 9.37. The average molecular weight is 522 g/mol. The van der Waals surface area contributed by atoms with Crippen molar-refractivity contribution in [2.24, 2.45) is 5.41 Å². The lowest BCUT2D eigenvalue weighted by Gasteiger charge is -2.50. The highest BCUT2D eigenvalue weighted by Gasteiger charge is 2.58. The summed E-state index contributed by atoms with van der Waals surface area (Å²) in [6.45, 7) is 5.86. The van der Waals surface area contributed by atoms with Crippen LogP contribution in [-0.2, 0) is 40.0 Å². The summed E-state index contributed by atoms with van der Waals surface area (Å²) >= 11 is 0. The fourth-order valence-electron chi connectivity index (χ4n) is 3.89. The first-order valence-corrected chi connectivity index (χ1v) is 12.3. The van der Waals surface area contributed by atoms with Crippen LogP contribution in [0.1, 0.15) is 52.0 Å². The molecule has 1 aromatic carbocycles. The first kappa shape index (κ1) is 28.6. The fourth-order valence-corrected chi connectivity index (χ4v) is 4.43. The van der Waals surface area contributed by atoms with E-state index in [-0.39, 0.29) is 12.8 Å². The number of esters is 1. The van der Waals surface area contributed by atoms with Gasteiger partial charge in [-0.25, -0.2) is 0 Å². The van der Waals surface area contributed by atoms with Crippen molar-refractivity contribution in [3.63, 3.8) is 0 Å². The quantitative estimate of drug-likeness (QED) is 0.249. The highest BCUT2D eigenvalue weighted by molar-refractivity contribution is 7.87. The van der Waals surface area contributed by atoms with Crippen LogP contribution >= 0.6 is 0 Å². The lowest BCUT2D eigenvalue weighted by molar-refractivity contribution is -0.168. The molecule has 12 heteroatoms. The molecule has 1 N–H and O–H groups in total. The molecule has 0 atom stereocenters. The molecule has 0 aromatic heterocycles. The van der Waals surface area contributed by atoms with E-state index in [1.54, 1.807) is 20.8 Å². The first-order valence-electron chi connectivity index (χ1n) is 10.9. The molecule has 0 aliphatic heterocycles. The number of hydrogen-bond donors (Lipinski definition) is 1. The Hall–Kier alpha value is -2.60. The van der Waals surface area contributed by atoms with Gasteiger partial charge in [0.2, 0.25) is 0 Å². The SMILES string of the molecule is CNC12CCC(C(=O)OC(C)(C)C)(C=C1OS(=O)(=O)C(F)(F)F)CC2.O=COCc1ccccc1. The van der Waals surface area contributed by atoms with Crippen LogP contribution < -0.4 is 5.32 Å². The molecule has 3 aliphatic rings. The van der Waals surface area contributed by atoms with Gasteiger partial charge in [-0.15, -0.1) is 0 Å². The molecule has 0 amide bonds. The summed E-state index contributed by atoms with van der Waals surface area (Å²) in [6, 6.07) is 9.55. The third-order valence-electron chi connectivity index (χ3n) is 5.80. The zero-order valence-corrected chi connectivity index (χ0v) is 20.8. The lowest BCUT2D eigenvalue weighted by Crippen LogP contribution is -2.57. The van der Waals surface area contributed by atoms with E-state index >= 15 is 0 Å². The molecule has 0 spiro atoms. The predicted molar refractivity (Wildman–Crippen MR) is 120 cm³/mol. The van der Waals surface area contributed by atoms with Gasteiger partial charge in [0.25, 0.3) is 6.47 Å². The molecule has 196 valence electrons. The van der Waals surface area contributed by atoms with Gasteiger partial charge >= 0.3 is 21.6 Å². The Bertz CT molecular complexity index is 1020. The number of rotatable bonds is 7. The van der Waals surface area contributed by atoms with Gasteiger partial charge in [-0.1, -0.05) is 30.3 Å². The van der Waals surface area contributed by atoms with Crippen molar-refractivity contribution in [3.8, 4) is 0 Å². The molecule has 0 unspecified atom stereocenters. The maximum Gasteiger partial charge on any atom is 0.534 e. The van der Waals surface area contributed by atoms with Crippen LogP contribution in [0.5, 0.6) is 0 Å². The summed E-state index contributed by atoms with van der Waals surface area (Å²) in [5.74, 6) is -0.981. The maximum absolute atomic E-state index is 12.7. The van der Waals surface area contributed by atoms with E-state index in [4.69, 9.17) is 4.74 Å². The summed E-state index contributed by atoms with van der Waals surface area (Å²) in [6.07, 6.45) is 2.39. The normalized spacial score (nSPS) is 23.9. The van der Waals surface area contributed by atoms with Gasteiger partial charge < -0.3 is 19.0 Å². The van der Waals surface area contributed by atoms with Gasteiger partial charge in [-0.3, -0.25) is 9.59 Å². The number of benzene rings is 1. The van der Waals surface area contributed by atoms with E-state index in [2.05, 4.69) is 14.2 Å². The molecular weight excluding hydrogens is 491 g/mol. The van der Waals surface area contributed by atoms with Crippen molar-refractivity contribution in [1.82, 2.24) is 5.32 Å². The summed E-state index contributed by atoms with van der Waals surface area (Å²) in [4.78, 5) is 22.3. The number of halogens is 3. The van der Waals surface area contributed by atoms with Crippen LogP contribution in [0.15, 0.2) is 42.2 Å². The third kappa shape index (κ3) is 6.97. The Morgan fingerprint density at radius 3 is 2.11 bits per heavy atom. The maximum atomic E-state index is 12.7. The number of ether oxygens (including phenoxy) is 2. The second kappa shape index (κ2) is 10.6. The van der Waals surface area contributed by atoms with Crippen molar-refractivity contribution in [2.45, 2.75) is 69.7 Å². The largest absolute Gasteiger partial charge is 0.534 e. The van der Waals surface area contributed by atoms with E-state index in [0.717, 1.165) is 5.56 Å². The Morgan fingerprint density at radius 2 is 1.66 bits per heavy atom. The molecule has 35 heavy (non-hydrogen) atoms. The number of fused-ring (bicyclic) bond motifs is 2. The second-order valence-corrected chi connectivity index (χ2v) is 10.9. The van der Waals surface area contributed by atoms with Gasteiger partial charge in [0.1, 0.15) is 18.0 Å². The summed E-state index contributed by atoms with van der Waals surface area (Å²) in [7, 11) is -4.30. The molecule has 0 saturated heterocycles. The topological polar surface area (TPSA) is 108 Å². The van der Waals surface area contributed by atoms with Crippen molar-refractivity contribution in [1.29, 1.82) is 0 Å². The van der Waals surface area contributed by atoms with E-state index in [0.29, 0.717) is 25.9 Å². The lowest BCUT2D eigenvalue weighted by atomic mass is 9.61. The minimum atomic E-state index is -5.82. The van der Waals surface area contributed by atoms with Gasteiger partial charge in [0.15, 0.2) is 0 Å². The number of likely N-dealkylation sites (N-methyl/N-ethyl adjacent to an activating group) is 1. The standard InChI is InChI=1S/C15H22F3NO5S.C8H8O2/c1-12(2,3)23-11(20)13-5-7-14(19-4,8-6-13)10(9-13)24-25(21,22)15(16,17)18;9-7-10-6-8-4-2-1-3-5-8/h9,19H,5-8H2,1-4H3;1-5,7H,6H2. The number of hydrogen-bond acceptors (Lipinski definition) is 8. The van der Waals surface area contributed by atoms with E-state index < -0.39 is 43.9 Å². The zero-order valence-electron chi connectivity index (χ0n) is 20.0. The molecule has 0 radical (unpaired) electrons. The fraction of sp³-hybridized carbons (Fsp3) is 0.565. The van der Waals surface area contributed by atoms with Gasteiger partial charge in [0.05, 0.1) is 11.0 Å². The van der Waals surface area contributed by atoms with E-state index in [9.17, 15) is 31.2 Å². The number of alkyl halides is 3. The van der Waals surface area contributed by atoms with Crippen LogP contribution in [0.4, 0.5) is 13.2 Å². The summed E-state index contributed by atoms with van der Waals surface area (Å²) < 4.78 is 75.2. The molecule has 4 rings (SSSR count). The molecule has 1 fully saturated rings. The monoisotopic (exact) mass is 521 g/mol. The van der Waals surface area contributed by atoms with Crippen molar-refractivity contribution in [2.75, 3.05) is 7.05 Å². The Kier molecular flexibility index (Phi) is 8.65. The van der Waals surface area contributed by atoms with Crippen molar-refractivity contribution in [3.05, 3.63) is 47.7 Å². The molecule has 1 saturated carbocycles. The van der Waals surface area contributed by atoms with E-state index in [1.165, 1.54) is 13.1 Å². The van der Waals surface area contributed by atoms with Crippen LogP contribution in [0, 0.1) is 5.41 Å². The molecule has 1 aromatic rings. The predicted octanol–water partition coefficient (Wildman–Crippen LogP) is 3.97. The van der Waals surface area contributed by atoms with Gasteiger partial charge in [-0.05, 0) is 65.1 Å². The minimum Gasteiger partial charge on any atom is -0.463 e. The number of nitrogens with one attached hydrogen (secondary N) is 1. The highest BCUT2D eigenvalue weighted by Crippen LogP contribution is 2.53. The molecule has 0 heterocycles. The third-order valence-corrected chi connectivity index (χ3v) is 6.77. The van der Waals surface area contributed by atoms with Crippen molar-refractivity contribution < 1.29 is 44.8 Å². The minimum absolute atomic E-state index is 0.266. The van der Waals surface area contributed by atoms with Gasteiger partial charge in [0, 0.05) is 0 Å². The molecule has 3 aliphatic carbocycles. The molecule has 2 bridgehead atoms. The van der Waals surface area contributed by atoms with Crippen LogP contribution in [-0.4, -0.2) is 44.6 Å². The van der Waals surface area contributed by atoms with Crippen LogP contribution in [0.3, 0.4) is 0 Å². The van der Waals surface area contributed by atoms with Crippen molar-refractivity contribution >= 4 is 22.6 Å². The average Bonchev–Trinajstić information content (AvgIpc) is 2.77. The summed E-state index contributed by atoms with van der Waals surface area (Å²) in [5, 5.41) is 2.86. The molecular formula is C23H30F3NO7S. The van der Waals surface area contributed by atoms with Gasteiger partial charge in [-0.2, -0.15) is 21.6 Å². The number of carbonyl (C=O) groups is 2. The van der Waals surface area contributed by atoms with Crippen LogP contribution in [0.2, 0.25) is 0 Å². The smallest absolute Gasteiger partial charge is 0.463 e. The Balaban J connectivity index is 0.000000360. The molecule has 8 nitrogen and oxygen atoms in total. The van der Waals surface area contributed by atoms with E-state index in [1.807, 2.05) is 30.3 Å². The Labute approximate surface area is 202 Å². The highest BCUT2D eigenvalue weighted by atomic mass is 32.2. The number of carbonyl (C=O) groups excluding carboxylic acids is 2. The zero-order chi connectivity index (χ0) is 26.5. The first-order chi connectivity index (χ1) is 16.1.